The van der Waals surface area contributed by atoms with Crippen molar-refractivity contribution in [1.82, 2.24) is 0 Å². The summed E-state index contributed by atoms with van der Waals surface area (Å²) in [6.45, 7) is 0.697. The smallest absolute Gasteiger partial charge is 0.179 e. The lowest BCUT2D eigenvalue weighted by molar-refractivity contribution is -0.175. The zero-order valence-electron chi connectivity index (χ0n) is 20.9. The molecule has 0 unspecified atom stereocenters. The van der Waals surface area contributed by atoms with E-state index in [1.165, 1.54) is 6.08 Å². The molecule has 0 radical (unpaired) electrons. The highest BCUT2D eigenvalue weighted by Crippen LogP contribution is 2.71. The number of allylic oxidation sites excluding steroid dienone is 4. The van der Waals surface area contributed by atoms with Crippen LogP contribution in [0.1, 0.15) is 53.2 Å². The lowest BCUT2D eigenvalue weighted by Gasteiger charge is -2.63. The summed E-state index contributed by atoms with van der Waals surface area (Å²) in [5, 5.41) is 23.3. The lowest BCUT2D eigenvalue weighted by atomic mass is 9.45. The minimum atomic E-state index is -2.64. The summed E-state index contributed by atoms with van der Waals surface area (Å²) in [7, 11) is 0. The van der Waals surface area contributed by atoms with Gasteiger partial charge in [0.05, 0.1) is 19.6 Å². The maximum absolute atomic E-state index is 13.0. The van der Waals surface area contributed by atoms with Gasteiger partial charge in [0.1, 0.15) is 5.60 Å². The number of halogens is 2. The van der Waals surface area contributed by atoms with Crippen molar-refractivity contribution in [1.29, 1.82) is 0 Å². The Balaban J connectivity index is 1.91. The Bertz CT molecular complexity index is 996. The van der Waals surface area contributed by atoms with E-state index in [0.29, 0.717) is 18.4 Å². The van der Waals surface area contributed by atoms with Crippen LogP contribution in [0.25, 0.3) is 0 Å². The van der Waals surface area contributed by atoms with Crippen LogP contribution in [0.15, 0.2) is 23.8 Å². The van der Waals surface area contributed by atoms with Crippen molar-refractivity contribution >= 4 is 34.8 Å². The van der Waals surface area contributed by atoms with E-state index in [1.54, 1.807) is 13.8 Å². The number of carbonyl (C=O) groups is 2. The number of rotatable bonds is 2. The largest absolute Gasteiger partial charge is 0.391 e. The molecular weight excluding hydrogens is 400 g/mol. The molecule has 0 heterocycles. The van der Waals surface area contributed by atoms with Crippen molar-refractivity contribution < 1.29 is 26.7 Å². The maximum atomic E-state index is 13.0. The molecule has 154 valence electrons. The van der Waals surface area contributed by atoms with Gasteiger partial charge in [-0.15, -0.1) is 23.2 Å². The third kappa shape index (κ3) is 2.16. The van der Waals surface area contributed by atoms with Crippen molar-refractivity contribution in [3.05, 3.63) is 23.8 Å². The summed E-state index contributed by atoms with van der Waals surface area (Å²) in [6.07, 6.45) is 0.595. The Kier molecular flexibility index (Phi) is 3.34. The number of Topliss-reactive ketones (excluding diaryl/α,β-unsaturated/α-hetero) is 1. The topological polar surface area (TPSA) is 74.6 Å². The summed E-state index contributed by atoms with van der Waals surface area (Å²) in [4.78, 5) is 23.8. The van der Waals surface area contributed by atoms with Crippen molar-refractivity contribution in [2.24, 2.45) is 28.6 Å². The van der Waals surface area contributed by atoms with Crippen molar-refractivity contribution in [2.75, 3.05) is 5.88 Å². The average Bonchev–Trinajstić information content (AvgIpc) is 2.95. The molecule has 0 saturated heterocycles. The van der Waals surface area contributed by atoms with Gasteiger partial charge in [-0.25, -0.2) is 0 Å². The van der Waals surface area contributed by atoms with Crippen LogP contribution in [-0.4, -0.2) is 44.2 Å². The van der Waals surface area contributed by atoms with Gasteiger partial charge in [-0.2, -0.15) is 0 Å². The normalized spacial score (nSPS) is 56.3. The first-order chi connectivity index (χ1) is 15.0. The molecular formula is C22H28Cl2O4. The number of aliphatic hydroxyl groups excluding tert-OH is 1. The van der Waals surface area contributed by atoms with Crippen LogP contribution in [0, 0.1) is 28.6 Å². The molecule has 2 N–H and O–H groups in total. The number of hydrogen-bond donors (Lipinski definition) is 2. The number of aliphatic hydroxyl groups is 2. The number of alkyl halides is 2. The van der Waals surface area contributed by atoms with Crippen LogP contribution in [-0.2, 0) is 9.59 Å². The molecule has 0 aromatic rings. The monoisotopic (exact) mass is 432 g/mol. The van der Waals surface area contributed by atoms with Crippen molar-refractivity contribution in [2.45, 2.75) is 63.0 Å². The summed E-state index contributed by atoms with van der Waals surface area (Å²) in [5.41, 5.74) is -4.29. The summed E-state index contributed by atoms with van der Waals surface area (Å²) in [5.74, 6) is -4.47. The van der Waals surface area contributed by atoms with E-state index < -0.39 is 69.5 Å². The fourth-order valence-electron chi connectivity index (χ4n) is 6.69. The number of fused-ring (bicyclic) bond motifs is 5. The molecule has 4 aliphatic carbocycles. The highest BCUT2D eigenvalue weighted by atomic mass is 35.5. The SMILES string of the molecule is [2H]C1=C[C@@]2(C)C(=C([2H])C1=O)CC[C@H]1[C@@H]3C[C@@H]([13C]([2H])([2H])[2H])[C@](O)(C(=O)CCl)[C@@]3(C)C[C@H](O)[C@@]12Cl. The third-order valence-electron chi connectivity index (χ3n) is 8.24. The van der Waals surface area contributed by atoms with E-state index in [2.05, 4.69) is 0 Å². The van der Waals surface area contributed by atoms with E-state index in [1.807, 2.05) is 0 Å². The molecule has 0 amide bonds. The van der Waals surface area contributed by atoms with Gasteiger partial charge in [-0.3, -0.25) is 9.59 Å². The molecule has 6 heteroatoms. The van der Waals surface area contributed by atoms with E-state index in [0.717, 1.165) is 0 Å². The van der Waals surface area contributed by atoms with Crippen LogP contribution in [0.4, 0.5) is 0 Å². The first-order valence-electron chi connectivity index (χ1n) is 12.1. The predicted molar refractivity (Wildman–Crippen MR) is 108 cm³/mol. The lowest BCUT2D eigenvalue weighted by Crippen LogP contribution is -2.68. The second-order valence-electron chi connectivity index (χ2n) is 9.19. The molecule has 4 nitrogen and oxygen atoms in total. The van der Waals surface area contributed by atoms with Gasteiger partial charge in [0.2, 0.25) is 0 Å². The zero-order valence-corrected chi connectivity index (χ0v) is 17.4. The van der Waals surface area contributed by atoms with E-state index in [9.17, 15) is 19.8 Å². The second kappa shape index (κ2) is 6.16. The Labute approximate surface area is 183 Å². The fourth-order valence-corrected chi connectivity index (χ4v) is 7.40. The van der Waals surface area contributed by atoms with Crippen LogP contribution in [0.5, 0.6) is 0 Å². The summed E-state index contributed by atoms with van der Waals surface area (Å²) < 4.78 is 40.6. The van der Waals surface area contributed by atoms with E-state index >= 15 is 0 Å². The summed E-state index contributed by atoms with van der Waals surface area (Å²) >= 11 is 13.1. The van der Waals surface area contributed by atoms with Gasteiger partial charge in [0, 0.05) is 14.9 Å². The minimum Gasteiger partial charge on any atom is -0.391 e. The number of ketones is 2. The molecule has 4 aliphatic rings. The first-order valence-corrected chi connectivity index (χ1v) is 10.6. The number of hydrogen-bond acceptors (Lipinski definition) is 4. The molecule has 0 bridgehead atoms. The third-order valence-corrected chi connectivity index (χ3v) is 9.41. The first kappa shape index (κ1) is 15.2. The molecule has 0 spiro atoms. The van der Waals surface area contributed by atoms with Crippen molar-refractivity contribution in [3.63, 3.8) is 0 Å². The van der Waals surface area contributed by atoms with Gasteiger partial charge >= 0.3 is 0 Å². The van der Waals surface area contributed by atoms with Crippen LogP contribution >= 0.6 is 23.2 Å². The van der Waals surface area contributed by atoms with Crippen molar-refractivity contribution in [3.8, 4) is 0 Å². The number of carbonyl (C=O) groups excluding carboxylic acids is 2. The zero-order chi connectivity index (χ0) is 24.9. The van der Waals surface area contributed by atoms with Gasteiger partial charge < -0.3 is 10.2 Å². The molecule has 0 aromatic carbocycles. The van der Waals surface area contributed by atoms with E-state index in [-0.39, 0.29) is 24.9 Å². The van der Waals surface area contributed by atoms with Crippen LogP contribution in [0.2, 0.25) is 0 Å². The highest BCUT2D eigenvalue weighted by molar-refractivity contribution is 6.29. The summed E-state index contributed by atoms with van der Waals surface area (Å²) in [6, 6.07) is -0.655. The fraction of sp³-hybridized carbons (Fsp3) is 0.727. The van der Waals surface area contributed by atoms with Crippen LogP contribution < -0.4 is 0 Å². The predicted octanol–water partition coefficient (Wildman–Crippen LogP) is 3.41. The van der Waals surface area contributed by atoms with Gasteiger partial charge in [0.15, 0.2) is 11.6 Å². The molecule has 0 aliphatic heterocycles. The minimum absolute atomic E-state index is 0.00276. The average molecular weight is 433 g/mol. The van der Waals surface area contributed by atoms with Gasteiger partial charge in [0.25, 0.3) is 0 Å². The van der Waals surface area contributed by atoms with Crippen LogP contribution in [0.3, 0.4) is 0 Å². The maximum Gasteiger partial charge on any atom is 0.179 e. The Morgan fingerprint density at radius 2 is 2.14 bits per heavy atom. The Morgan fingerprint density at radius 3 is 2.79 bits per heavy atom. The van der Waals surface area contributed by atoms with Gasteiger partial charge in [-0.05, 0) is 55.5 Å². The molecule has 3 saturated carbocycles. The van der Waals surface area contributed by atoms with E-state index in [4.69, 9.17) is 30.1 Å². The Morgan fingerprint density at radius 1 is 1.43 bits per heavy atom. The highest BCUT2D eigenvalue weighted by Gasteiger charge is 2.74. The molecule has 4 rings (SSSR count). The molecule has 3 fully saturated rings. The molecule has 0 aromatic heterocycles. The standard InChI is InChI=1S/C22H28Cl2O4/c1-12-8-16-15-5-4-13-9-14(25)6-7-19(13,2)21(15,24)17(26)10-20(16,3)22(12,28)18(27)11-23/h6-7,9,12,15-17,26,28H,4-5,8,10-11H2,1-3H3/t12-,15+,16+,17+,19+,20+,21+,22+/m1/s1/i1+1D3,6D,9D. The molecule has 8 atom stereocenters. The Hall–Kier alpha value is -0.680. The quantitative estimate of drug-likeness (QED) is 0.517. The molecule has 28 heavy (non-hydrogen) atoms. The second-order valence-corrected chi connectivity index (χ2v) is 10.1. The van der Waals surface area contributed by atoms with Gasteiger partial charge in [-0.1, -0.05) is 32.3 Å².